The Morgan fingerprint density at radius 3 is 1.71 bits per heavy atom. The molecule has 2 saturated heterocycles. The lowest BCUT2D eigenvalue weighted by Gasteiger charge is -2.35. The zero-order valence-corrected chi connectivity index (χ0v) is 18.3. The van der Waals surface area contributed by atoms with Crippen molar-refractivity contribution in [2.75, 3.05) is 9.96 Å². The van der Waals surface area contributed by atoms with Crippen molar-refractivity contribution < 1.29 is 14.4 Å². The van der Waals surface area contributed by atoms with Crippen LogP contribution in [0, 0.1) is 0 Å². The van der Waals surface area contributed by atoms with Gasteiger partial charge in [0.2, 0.25) is 5.91 Å². The molecule has 2 fully saturated rings. The summed E-state index contributed by atoms with van der Waals surface area (Å²) >= 11 is 0. The smallest absolute Gasteiger partial charge is 0.267 e. The van der Waals surface area contributed by atoms with Gasteiger partial charge in [0, 0.05) is 0 Å². The standard InChI is InChI=1S/C29H22N2O3/c32-27-26-29(22-15-7-2-8-16-22,28(33)30(27)23-17-9-3-10-18-23)25(21-13-5-1-6-14-21)31(34-26)24-19-11-4-12-20-24/h1-20,25-26H/t25-,26-,29+/m0/s1. The van der Waals surface area contributed by atoms with Crippen molar-refractivity contribution in [3.05, 3.63) is 132 Å². The number of hydrogen-bond donors (Lipinski definition) is 0. The molecule has 5 nitrogen and oxygen atoms in total. The highest BCUT2D eigenvalue weighted by atomic mass is 16.7. The molecule has 4 aromatic carbocycles. The molecule has 2 amide bonds. The van der Waals surface area contributed by atoms with E-state index in [0.29, 0.717) is 5.69 Å². The first-order chi connectivity index (χ1) is 16.7. The number of rotatable bonds is 4. The highest BCUT2D eigenvalue weighted by Crippen LogP contribution is 2.57. The van der Waals surface area contributed by atoms with Crippen LogP contribution >= 0.6 is 0 Å². The van der Waals surface area contributed by atoms with Gasteiger partial charge in [-0.2, -0.15) is 0 Å². The molecule has 3 atom stereocenters. The van der Waals surface area contributed by atoms with E-state index in [1.807, 2.05) is 109 Å². The molecule has 6 rings (SSSR count). The first-order valence-corrected chi connectivity index (χ1v) is 11.3. The summed E-state index contributed by atoms with van der Waals surface area (Å²) in [5.41, 5.74) is 1.72. The van der Waals surface area contributed by atoms with Crippen LogP contribution in [-0.2, 0) is 19.8 Å². The van der Waals surface area contributed by atoms with Crippen LogP contribution in [0.5, 0.6) is 0 Å². The molecule has 166 valence electrons. The van der Waals surface area contributed by atoms with Gasteiger partial charge < -0.3 is 0 Å². The van der Waals surface area contributed by atoms with E-state index < -0.39 is 17.6 Å². The summed E-state index contributed by atoms with van der Waals surface area (Å²) in [5.74, 6) is -0.647. The summed E-state index contributed by atoms with van der Waals surface area (Å²) in [6.07, 6.45) is -1.01. The molecule has 0 radical (unpaired) electrons. The zero-order valence-electron chi connectivity index (χ0n) is 18.3. The third-order valence-electron chi connectivity index (χ3n) is 6.69. The Labute approximate surface area is 197 Å². The molecule has 0 N–H and O–H groups in total. The van der Waals surface area contributed by atoms with Gasteiger partial charge in [-0.15, -0.1) is 0 Å². The number of hydroxylamine groups is 1. The lowest BCUT2D eigenvalue weighted by atomic mass is 9.69. The number of carbonyl (C=O) groups is 2. The van der Waals surface area contributed by atoms with Crippen LogP contribution in [0.15, 0.2) is 121 Å². The van der Waals surface area contributed by atoms with Crippen LogP contribution in [-0.4, -0.2) is 17.9 Å². The van der Waals surface area contributed by atoms with E-state index in [4.69, 9.17) is 4.84 Å². The van der Waals surface area contributed by atoms with Crippen molar-refractivity contribution in [3.8, 4) is 0 Å². The number of imide groups is 1. The summed E-state index contributed by atoms with van der Waals surface area (Å²) in [4.78, 5) is 36.1. The van der Waals surface area contributed by atoms with Crippen LogP contribution in [0.2, 0.25) is 0 Å². The number of benzene rings is 4. The second-order valence-corrected chi connectivity index (χ2v) is 8.51. The van der Waals surface area contributed by atoms with Gasteiger partial charge >= 0.3 is 0 Å². The van der Waals surface area contributed by atoms with Crippen LogP contribution < -0.4 is 9.96 Å². The minimum absolute atomic E-state index is 0.285. The third kappa shape index (κ3) is 2.84. The number of anilines is 2. The minimum atomic E-state index is -1.26. The van der Waals surface area contributed by atoms with Crippen LogP contribution in [0.4, 0.5) is 11.4 Å². The molecule has 2 aliphatic heterocycles. The summed E-state index contributed by atoms with van der Waals surface area (Å²) in [7, 11) is 0. The second kappa shape index (κ2) is 7.97. The topological polar surface area (TPSA) is 49.9 Å². The molecule has 0 bridgehead atoms. The molecule has 0 unspecified atom stereocenters. The fourth-order valence-corrected chi connectivity index (χ4v) is 5.24. The molecule has 5 heteroatoms. The summed E-state index contributed by atoms with van der Waals surface area (Å²) in [6, 6.07) is 37.5. The van der Waals surface area contributed by atoms with Gasteiger partial charge in [-0.1, -0.05) is 97.1 Å². The molecule has 0 aromatic heterocycles. The van der Waals surface area contributed by atoms with Crippen molar-refractivity contribution in [1.29, 1.82) is 0 Å². The number of carbonyl (C=O) groups excluding carboxylic acids is 2. The van der Waals surface area contributed by atoms with Gasteiger partial charge in [0.1, 0.15) is 11.5 Å². The quantitative estimate of drug-likeness (QED) is 0.411. The number of fused-ring (bicyclic) bond motifs is 1. The van der Waals surface area contributed by atoms with Gasteiger partial charge in [0.25, 0.3) is 5.91 Å². The van der Waals surface area contributed by atoms with Crippen LogP contribution in [0.1, 0.15) is 17.2 Å². The molecule has 0 saturated carbocycles. The van der Waals surface area contributed by atoms with Gasteiger partial charge in [-0.25, -0.2) is 9.96 Å². The largest absolute Gasteiger partial charge is 0.273 e. The lowest BCUT2D eigenvalue weighted by Crippen LogP contribution is -2.46. The normalized spacial score (nSPS) is 23.9. The molecule has 0 aliphatic carbocycles. The third-order valence-corrected chi connectivity index (χ3v) is 6.69. The van der Waals surface area contributed by atoms with E-state index in [9.17, 15) is 9.59 Å². The molecule has 0 spiro atoms. The van der Waals surface area contributed by atoms with E-state index in [0.717, 1.165) is 16.8 Å². The first-order valence-electron chi connectivity index (χ1n) is 11.3. The Balaban J connectivity index is 1.62. The fourth-order valence-electron chi connectivity index (χ4n) is 5.24. The molecule has 2 heterocycles. The summed E-state index contributed by atoms with van der Waals surface area (Å²) in [5, 5.41) is 1.74. The molecular weight excluding hydrogens is 424 g/mol. The maximum absolute atomic E-state index is 14.5. The van der Waals surface area contributed by atoms with Crippen molar-refractivity contribution in [3.63, 3.8) is 0 Å². The highest BCUT2D eigenvalue weighted by molar-refractivity contribution is 6.28. The molecule has 4 aromatic rings. The summed E-state index contributed by atoms with van der Waals surface area (Å²) < 4.78 is 0. The monoisotopic (exact) mass is 446 g/mol. The minimum Gasteiger partial charge on any atom is -0.273 e. The molecule has 2 aliphatic rings. The SMILES string of the molecule is O=C1[C@@H]2ON(c3ccccc3)[C@@H](c3ccccc3)[C@@]2(c2ccccc2)C(=O)N1c1ccccc1. The number of hydrogen-bond acceptors (Lipinski definition) is 4. The molecular formula is C29H22N2O3. The fraction of sp³-hybridized carbons (Fsp3) is 0.103. The Morgan fingerprint density at radius 1 is 0.618 bits per heavy atom. The van der Waals surface area contributed by atoms with Crippen molar-refractivity contribution in [1.82, 2.24) is 0 Å². The Hall–Kier alpha value is -4.22. The maximum Gasteiger partial charge on any atom is 0.267 e. The van der Waals surface area contributed by atoms with Crippen LogP contribution in [0.3, 0.4) is 0 Å². The first kappa shape index (κ1) is 20.4. The average molecular weight is 447 g/mol. The predicted octanol–water partition coefficient (Wildman–Crippen LogP) is 5.06. The van der Waals surface area contributed by atoms with E-state index in [2.05, 4.69) is 0 Å². The van der Waals surface area contributed by atoms with Crippen molar-refractivity contribution in [2.24, 2.45) is 0 Å². The predicted molar refractivity (Wildman–Crippen MR) is 130 cm³/mol. The van der Waals surface area contributed by atoms with E-state index in [-0.39, 0.29) is 11.8 Å². The number of nitrogens with zero attached hydrogens (tertiary/aromatic N) is 2. The second-order valence-electron chi connectivity index (χ2n) is 8.51. The summed E-state index contributed by atoms with van der Waals surface area (Å²) in [6.45, 7) is 0. The maximum atomic E-state index is 14.5. The van der Waals surface area contributed by atoms with E-state index in [1.54, 1.807) is 17.2 Å². The van der Waals surface area contributed by atoms with E-state index >= 15 is 0 Å². The molecule has 34 heavy (non-hydrogen) atoms. The number of para-hydroxylation sites is 2. The Morgan fingerprint density at radius 2 is 1.12 bits per heavy atom. The zero-order chi connectivity index (χ0) is 23.1. The lowest BCUT2D eigenvalue weighted by molar-refractivity contribution is -0.126. The van der Waals surface area contributed by atoms with Gasteiger partial charge in [0.05, 0.1) is 11.4 Å². The van der Waals surface area contributed by atoms with Crippen LogP contribution in [0.25, 0.3) is 0 Å². The average Bonchev–Trinajstić information content (AvgIpc) is 3.37. The Bertz CT molecular complexity index is 1330. The Kier molecular flexibility index (Phi) is 4.78. The van der Waals surface area contributed by atoms with Gasteiger partial charge in [0.15, 0.2) is 6.10 Å². The number of amides is 2. The van der Waals surface area contributed by atoms with Crippen molar-refractivity contribution >= 4 is 23.2 Å². The van der Waals surface area contributed by atoms with E-state index in [1.165, 1.54) is 4.90 Å². The van der Waals surface area contributed by atoms with Gasteiger partial charge in [-0.3, -0.25) is 14.4 Å². The van der Waals surface area contributed by atoms with Gasteiger partial charge in [-0.05, 0) is 35.4 Å². The highest BCUT2D eigenvalue weighted by Gasteiger charge is 2.72. The van der Waals surface area contributed by atoms with Crippen molar-refractivity contribution in [2.45, 2.75) is 17.6 Å².